The Labute approximate surface area is 182 Å². The summed E-state index contributed by atoms with van der Waals surface area (Å²) in [5.41, 5.74) is 1.15. The Morgan fingerprint density at radius 2 is 1.82 bits per heavy atom. The zero-order valence-corrected chi connectivity index (χ0v) is 18.8. The quantitative estimate of drug-likeness (QED) is 0.188. The van der Waals surface area contributed by atoms with Crippen molar-refractivity contribution in [3.8, 4) is 0 Å². The highest BCUT2D eigenvalue weighted by Gasteiger charge is 2.27. The van der Waals surface area contributed by atoms with Gasteiger partial charge in [0, 0.05) is 32.8 Å². The highest BCUT2D eigenvalue weighted by Crippen LogP contribution is 2.16. The molecule has 0 bridgehead atoms. The average Bonchev–Trinajstić information content (AvgIpc) is 2.63. The van der Waals surface area contributed by atoms with Crippen molar-refractivity contribution in [3.63, 3.8) is 0 Å². The van der Waals surface area contributed by atoms with E-state index in [0.29, 0.717) is 38.6 Å². The van der Waals surface area contributed by atoms with Crippen LogP contribution in [-0.2, 0) is 9.47 Å². The zero-order valence-electron chi connectivity index (χ0n) is 16.4. The molecule has 0 aromatic heterocycles. The summed E-state index contributed by atoms with van der Waals surface area (Å²) in [6.07, 6.45) is -2.98. The molecule has 1 aromatic carbocycles. The minimum Gasteiger partial charge on any atom is -0.374 e. The lowest BCUT2D eigenvalue weighted by Gasteiger charge is -2.14. The highest BCUT2D eigenvalue weighted by atomic mass is 127. The lowest BCUT2D eigenvalue weighted by atomic mass is 10.1. The van der Waals surface area contributed by atoms with Gasteiger partial charge in [0.25, 0.3) is 0 Å². The Balaban J connectivity index is 0.00000729. The van der Waals surface area contributed by atoms with Crippen LogP contribution in [0, 0.1) is 0 Å². The van der Waals surface area contributed by atoms with Crippen LogP contribution < -0.4 is 10.6 Å². The number of guanidine groups is 1. The molecule has 0 fully saturated rings. The summed E-state index contributed by atoms with van der Waals surface area (Å²) >= 11 is 0. The minimum absolute atomic E-state index is 0. The van der Waals surface area contributed by atoms with Crippen molar-refractivity contribution >= 4 is 29.9 Å². The van der Waals surface area contributed by atoms with E-state index in [1.54, 1.807) is 0 Å². The minimum atomic E-state index is -4.28. The molecule has 0 saturated carbocycles. The standard InChI is InChI=1S/C19H30F3N3O2.HI/c1-3-23-18(24-11-7-13-26-15-19(20,21)22)25-12-8-14-27-16(2)17-9-5-4-6-10-17;/h4-6,9-10,16H,3,7-8,11-15H2,1-2H3,(H2,23,24,25);1H. The van der Waals surface area contributed by atoms with Gasteiger partial charge in [-0.25, -0.2) is 0 Å². The molecule has 1 atom stereocenters. The maximum Gasteiger partial charge on any atom is 0.411 e. The number of ether oxygens (including phenoxy) is 2. The van der Waals surface area contributed by atoms with Crippen molar-refractivity contribution in [2.45, 2.75) is 39.0 Å². The molecule has 2 N–H and O–H groups in total. The zero-order chi connectivity index (χ0) is 20.0. The van der Waals surface area contributed by atoms with E-state index in [1.165, 1.54) is 0 Å². The third-order valence-electron chi connectivity index (χ3n) is 3.58. The molecule has 162 valence electrons. The number of nitrogens with zero attached hydrogens (tertiary/aromatic N) is 1. The second-order valence-corrected chi connectivity index (χ2v) is 5.99. The first-order valence-electron chi connectivity index (χ1n) is 9.25. The predicted molar refractivity (Wildman–Crippen MR) is 116 cm³/mol. The van der Waals surface area contributed by atoms with Crippen molar-refractivity contribution in [3.05, 3.63) is 35.9 Å². The summed E-state index contributed by atoms with van der Waals surface area (Å²) in [6, 6.07) is 10.0. The second kappa shape index (κ2) is 15.8. The third kappa shape index (κ3) is 14.0. The van der Waals surface area contributed by atoms with Crippen LogP contribution in [0.3, 0.4) is 0 Å². The Morgan fingerprint density at radius 3 is 2.46 bits per heavy atom. The molecule has 1 aromatic rings. The van der Waals surface area contributed by atoms with E-state index >= 15 is 0 Å². The number of halogens is 4. The van der Waals surface area contributed by atoms with Crippen molar-refractivity contribution in [1.29, 1.82) is 0 Å². The number of nitrogens with one attached hydrogen (secondary N) is 2. The Morgan fingerprint density at radius 1 is 1.11 bits per heavy atom. The van der Waals surface area contributed by atoms with Gasteiger partial charge in [0.15, 0.2) is 5.96 Å². The first kappa shape index (κ1) is 26.9. The molecule has 0 aliphatic heterocycles. The number of aliphatic imine (C=N–C) groups is 1. The fourth-order valence-corrected chi connectivity index (χ4v) is 2.25. The highest BCUT2D eigenvalue weighted by molar-refractivity contribution is 14.0. The Bertz CT molecular complexity index is 531. The molecule has 0 aliphatic carbocycles. The second-order valence-electron chi connectivity index (χ2n) is 5.99. The monoisotopic (exact) mass is 517 g/mol. The fourth-order valence-electron chi connectivity index (χ4n) is 2.25. The first-order chi connectivity index (χ1) is 12.9. The van der Waals surface area contributed by atoms with Gasteiger partial charge in [-0.1, -0.05) is 30.3 Å². The predicted octanol–water partition coefficient (Wildman–Crippen LogP) is 4.30. The van der Waals surface area contributed by atoms with Gasteiger partial charge in [-0.2, -0.15) is 13.2 Å². The summed E-state index contributed by atoms with van der Waals surface area (Å²) in [5, 5.41) is 6.29. The van der Waals surface area contributed by atoms with E-state index in [4.69, 9.17) is 4.74 Å². The lowest BCUT2D eigenvalue weighted by molar-refractivity contribution is -0.173. The number of hydrogen-bond acceptors (Lipinski definition) is 3. The average molecular weight is 517 g/mol. The Kier molecular flexibility index (Phi) is 15.2. The van der Waals surface area contributed by atoms with Gasteiger partial charge >= 0.3 is 6.18 Å². The molecule has 0 aliphatic rings. The summed E-state index contributed by atoms with van der Waals surface area (Å²) < 4.78 is 46.3. The molecule has 1 unspecified atom stereocenters. The molecule has 28 heavy (non-hydrogen) atoms. The van der Waals surface area contributed by atoms with Gasteiger partial charge in [0.2, 0.25) is 0 Å². The van der Waals surface area contributed by atoms with Gasteiger partial charge in [0.05, 0.1) is 6.10 Å². The normalized spacial score (nSPS) is 13.0. The van der Waals surface area contributed by atoms with Gasteiger partial charge in [-0.05, 0) is 32.3 Å². The molecule has 9 heteroatoms. The summed E-state index contributed by atoms with van der Waals surface area (Å²) in [7, 11) is 0. The number of hydrogen-bond donors (Lipinski definition) is 2. The first-order valence-corrected chi connectivity index (χ1v) is 9.25. The molecule has 0 spiro atoms. The summed E-state index contributed by atoms with van der Waals surface area (Å²) in [6.45, 7) is 5.21. The van der Waals surface area contributed by atoms with Crippen molar-refractivity contribution in [1.82, 2.24) is 10.6 Å². The molecule has 0 amide bonds. The van der Waals surface area contributed by atoms with E-state index in [-0.39, 0.29) is 36.7 Å². The van der Waals surface area contributed by atoms with Crippen LogP contribution in [0.1, 0.15) is 38.4 Å². The summed E-state index contributed by atoms with van der Waals surface area (Å²) in [4.78, 5) is 4.32. The third-order valence-corrected chi connectivity index (χ3v) is 3.58. The maximum absolute atomic E-state index is 12.0. The van der Waals surface area contributed by atoms with Crippen molar-refractivity contribution in [2.24, 2.45) is 4.99 Å². The number of alkyl halides is 3. The molecular weight excluding hydrogens is 486 g/mol. The smallest absolute Gasteiger partial charge is 0.374 e. The number of rotatable bonds is 12. The van der Waals surface area contributed by atoms with Crippen LogP contribution in [0.15, 0.2) is 35.3 Å². The fraction of sp³-hybridized carbons (Fsp3) is 0.632. The van der Waals surface area contributed by atoms with Crippen LogP contribution >= 0.6 is 24.0 Å². The molecule has 0 radical (unpaired) electrons. The topological polar surface area (TPSA) is 54.9 Å². The lowest BCUT2D eigenvalue weighted by Crippen LogP contribution is -2.38. The SMILES string of the molecule is CCNC(=NCCCOCC(F)(F)F)NCCCOC(C)c1ccccc1.I. The van der Waals surface area contributed by atoms with E-state index < -0.39 is 12.8 Å². The van der Waals surface area contributed by atoms with Gasteiger partial charge in [-0.3, -0.25) is 4.99 Å². The van der Waals surface area contributed by atoms with Gasteiger partial charge < -0.3 is 20.1 Å². The molecule has 5 nitrogen and oxygen atoms in total. The maximum atomic E-state index is 12.0. The van der Waals surface area contributed by atoms with Crippen LogP contribution in [-0.4, -0.2) is 51.6 Å². The van der Waals surface area contributed by atoms with Crippen LogP contribution in [0.4, 0.5) is 13.2 Å². The number of benzene rings is 1. The van der Waals surface area contributed by atoms with Crippen LogP contribution in [0.25, 0.3) is 0 Å². The molecular formula is C19H31F3IN3O2. The van der Waals surface area contributed by atoms with Crippen molar-refractivity contribution < 1.29 is 22.6 Å². The van der Waals surface area contributed by atoms with E-state index in [2.05, 4.69) is 20.4 Å². The van der Waals surface area contributed by atoms with E-state index in [9.17, 15) is 13.2 Å². The summed E-state index contributed by atoms with van der Waals surface area (Å²) in [5.74, 6) is 0.643. The molecule has 0 heterocycles. The van der Waals surface area contributed by atoms with Crippen LogP contribution in [0.5, 0.6) is 0 Å². The van der Waals surface area contributed by atoms with Crippen molar-refractivity contribution in [2.75, 3.05) is 39.5 Å². The van der Waals surface area contributed by atoms with E-state index in [1.807, 2.05) is 44.2 Å². The van der Waals surface area contributed by atoms with Gasteiger partial charge in [-0.15, -0.1) is 24.0 Å². The van der Waals surface area contributed by atoms with Gasteiger partial charge in [0.1, 0.15) is 6.61 Å². The van der Waals surface area contributed by atoms with Crippen LogP contribution in [0.2, 0.25) is 0 Å². The van der Waals surface area contributed by atoms with E-state index in [0.717, 1.165) is 12.0 Å². The largest absolute Gasteiger partial charge is 0.411 e. The Hall–Kier alpha value is -1.07. The molecule has 1 rings (SSSR count). The molecule has 0 saturated heterocycles.